The van der Waals surface area contributed by atoms with Crippen molar-refractivity contribution in [3.05, 3.63) is 70.2 Å². The normalized spacial score (nSPS) is 14.8. The van der Waals surface area contributed by atoms with E-state index in [0.29, 0.717) is 30.1 Å². The minimum absolute atomic E-state index is 0.0950. The predicted molar refractivity (Wildman–Crippen MR) is 108 cm³/mol. The van der Waals surface area contributed by atoms with E-state index in [1.165, 1.54) is 11.1 Å². The number of hydrogen-bond acceptors (Lipinski definition) is 2. The topological polar surface area (TPSA) is 49.4 Å². The molecule has 5 heteroatoms. The molecule has 1 aliphatic rings. The van der Waals surface area contributed by atoms with Crippen LogP contribution < -0.4 is 5.32 Å². The van der Waals surface area contributed by atoms with Crippen molar-refractivity contribution in [2.24, 2.45) is 0 Å². The molecule has 0 spiro atoms. The van der Waals surface area contributed by atoms with Crippen LogP contribution in [0.15, 0.2) is 48.5 Å². The van der Waals surface area contributed by atoms with Crippen LogP contribution in [0.4, 0.5) is 0 Å². The quantitative estimate of drug-likeness (QED) is 0.846. The number of piperidine rings is 1. The Hall–Kier alpha value is -2.33. The fourth-order valence-corrected chi connectivity index (χ4v) is 3.53. The summed E-state index contributed by atoms with van der Waals surface area (Å²) in [6.45, 7) is 3.44. The number of hydrogen-bond donors (Lipinski definition) is 1. The molecule has 0 atom stereocenters. The van der Waals surface area contributed by atoms with Crippen LogP contribution in [0.25, 0.3) is 0 Å². The van der Waals surface area contributed by atoms with E-state index in [9.17, 15) is 9.59 Å². The number of rotatable bonds is 5. The van der Waals surface area contributed by atoms with Crippen LogP contribution >= 0.6 is 11.6 Å². The zero-order chi connectivity index (χ0) is 19.2. The van der Waals surface area contributed by atoms with E-state index in [1.54, 1.807) is 24.3 Å². The van der Waals surface area contributed by atoms with E-state index in [0.717, 1.165) is 19.3 Å². The summed E-state index contributed by atoms with van der Waals surface area (Å²) in [5.74, 6) is 0.0804. The molecule has 0 aliphatic carbocycles. The lowest BCUT2D eigenvalue weighted by Crippen LogP contribution is -2.46. The summed E-state index contributed by atoms with van der Waals surface area (Å²) in [4.78, 5) is 26.7. The second kappa shape index (κ2) is 9.05. The van der Waals surface area contributed by atoms with Crippen LogP contribution in [0.5, 0.6) is 0 Å². The maximum atomic E-state index is 12.5. The van der Waals surface area contributed by atoms with Gasteiger partial charge in [-0.3, -0.25) is 9.59 Å². The van der Waals surface area contributed by atoms with E-state index in [-0.39, 0.29) is 17.9 Å². The Balaban J connectivity index is 1.43. The first-order valence-electron chi connectivity index (χ1n) is 9.41. The van der Waals surface area contributed by atoms with Gasteiger partial charge in [-0.1, -0.05) is 47.5 Å². The lowest BCUT2D eigenvalue weighted by atomic mass is 10.0. The fourth-order valence-electron chi connectivity index (χ4n) is 3.34. The third-order valence-corrected chi connectivity index (χ3v) is 5.25. The summed E-state index contributed by atoms with van der Waals surface area (Å²) in [6, 6.07) is 15.4. The molecule has 27 heavy (non-hydrogen) atoms. The van der Waals surface area contributed by atoms with Crippen LogP contribution in [0, 0.1) is 6.92 Å². The number of aryl methyl sites for hydroxylation is 2. The van der Waals surface area contributed by atoms with Crippen molar-refractivity contribution >= 4 is 23.4 Å². The van der Waals surface area contributed by atoms with Crippen LogP contribution in [-0.2, 0) is 11.2 Å². The lowest BCUT2D eigenvalue weighted by molar-refractivity contribution is -0.132. The zero-order valence-electron chi connectivity index (χ0n) is 15.6. The Morgan fingerprint density at radius 1 is 1.11 bits per heavy atom. The summed E-state index contributed by atoms with van der Waals surface area (Å²) >= 11 is 5.94. The van der Waals surface area contributed by atoms with Gasteiger partial charge in [-0.15, -0.1) is 0 Å². The van der Waals surface area contributed by atoms with Gasteiger partial charge in [-0.05, 0) is 49.9 Å². The van der Waals surface area contributed by atoms with Crippen molar-refractivity contribution in [3.8, 4) is 0 Å². The Kier molecular flexibility index (Phi) is 6.51. The highest BCUT2D eigenvalue weighted by molar-refractivity contribution is 6.30. The molecule has 1 N–H and O–H groups in total. The van der Waals surface area contributed by atoms with E-state index >= 15 is 0 Å². The largest absolute Gasteiger partial charge is 0.349 e. The molecule has 1 fully saturated rings. The molecule has 3 rings (SSSR count). The van der Waals surface area contributed by atoms with Gasteiger partial charge in [0, 0.05) is 36.1 Å². The average molecular weight is 385 g/mol. The van der Waals surface area contributed by atoms with Crippen molar-refractivity contribution in [2.75, 3.05) is 13.1 Å². The van der Waals surface area contributed by atoms with Gasteiger partial charge in [0.1, 0.15) is 0 Å². The van der Waals surface area contributed by atoms with E-state index in [1.807, 2.05) is 4.90 Å². The number of halogens is 1. The maximum absolute atomic E-state index is 12.5. The molecule has 1 aliphatic heterocycles. The number of amides is 2. The van der Waals surface area contributed by atoms with Crippen LogP contribution in [0.1, 0.15) is 40.7 Å². The number of nitrogens with one attached hydrogen (secondary N) is 1. The molecular formula is C22H25ClN2O2. The zero-order valence-corrected chi connectivity index (χ0v) is 16.3. The summed E-state index contributed by atoms with van der Waals surface area (Å²) < 4.78 is 0. The molecule has 142 valence electrons. The van der Waals surface area contributed by atoms with Crippen molar-refractivity contribution in [1.29, 1.82) is 0 Å². The highest BCUT2D eigenvalue weighted by atomic mass is 35.5. The maximum Gasteiger partial charge on any atom is 0.251 e. The highest BCUT2D eigenvalue weighted by Gasteiger charge is 2.24. The van der Waals surface area contributed by atoms with Gasteiger partial charge in [0.25, 0.3) is 5.91 Å². The molecule has 0 unspecified atom stereocenters. The first-order valence-corrected chi connectivity index (χ1v) is 9.79. The van der Waals surface area contributed by atoms with Crippen molar-refractivity contribution in [3.63, 3.8) is 0 Å². The third kappa shape index (κ3) is 5.57. The molecule has 1 heterocycles. The Labute approximate surface area is 165 Å². The van der Waals surface area contributed by atoms with E-state index in [4.69, 9.17) is 11.6 Å². The molecule has 2 amide bonds. The number of nitrogens with zero attached hydrogens (tertiary/aromatic N) is 1. The van der Waals surface area contributed by atoms with Crippen molar-refractivity contribution < 1.29 is 9.59 Å². The van der Waals surface area contributed by atoms with Gasteiger partial charge in [0.2, 0.25) is 5.91 Å². The molecule has 0 bridgehead atoms. The molecule has 2 aromatic carbocycles. The number of benzene rings is 2. The molecule has 0 saturated carbocycles. The minimum Gasteiger partial charge on any atom is -0.349 e. The first kappa shape index (κ1) is 19.4. The summed E-state index contributed by atoms with van der Waals surface area (Å²) in [5, 5.41) is 3.60. The number of carbonyl (C=O) groups is 2. The minimum atomic E-state index is -0.110. The Bertz CT molecular complexity index is 796. The lowest BCUT2D eigenvalue weighted by Gasteiger charge is -2.32. The average Bonchev–Trinajstić information content (AvgIpc) is 2.68. The molecule has 4 nitrogen and oxygen atoms in total. The summed E-state index contributed by atoms with van der Waals surface area (Å²) in [6.07, 6.45) is 2.86. The van der Waals surface area contributed by atoms with E-state index < -0.39 is 0 Å². The third-order valence-electron chi connectivity index (χ3n) is 5.02. The predicted octanol–water partition coefficient (Wildman–Crippen LogP) is 4.00. The Morgan fingerprint density at radius 3 is 2.48 bits per heavy atom. The summed E-state index contributed by atoms with van der Waals surface area (Å²) in [7, 11) is 0. The van der Waals surface area contributed by atoms with Gasteiger partial charge in [-0.2, -0.15) is 0 Å². The van der Waals surface area contributed by atoms with Crippen LogP contribution in [0.2, 0.25) is 5.02 Å². The summed E-state index contributed by atoms with van der Waals surface area (Å²) in [5.41, 5.74) is 2.99. The molecule has 2 aromatic rings. The van der Waals surface area contributed by atoms with Gasteiger partial charge in [-0.25, -0.2) is 0 Å². The second-order valence-electron chi connectivity index (χ2n) is 7.12. The molecule has 0 radical (unpaired) electrons. The smallest absolute Gasteiger partial charge is 0.251 e. The highest BCUT2D eigenvalue weighted by Crippen LogP contribution is 2.15. The molecule has 0 aromatic heterocycles. The molecule has 1 saturated heterocycles. The van der Waals surface area contributed by atoms with E-state index in [2.05, 4.69) is 36.5 Å². The number of likely N-dealkylation sites (tertiary alicyclic amines) is 1. The number of carbonyl (C=O) groups excluding carboxylic acids is 2. The van der Waals surface area contributed by atoms with Crippen LogP contribution in [-0.4, -0.2) is 35.8 Å². The Morgan fingerprint density at radius 2 is 1.81 bits per heavy atom. The van der Waals surface area contributed by atoms with Gasteiger partial charge in [0.05, 0.1) is 0 Å². The van der Waals surface area contributed by atoms with Crippen LogP contribution in [0.3, 0.4) is 0 Å². The van der Waals surface area contributed by atoms with Gasteiger partial charge in [0.15, 0.2) is 0 Å². The fraction of sp³-hybridized carbons (Fsp3) is 0.364. The first-order chi connectivity index (χ1) is 13.0. The monoisotopic (exact) mass is 384 g/mol. The second-order valence-corrected chi connectivity index (χ2v) is 7.56. The van der Waals surface area contributed by atoms with Gasteiger partial charge >= 0.3 is 0 Å². The van der Waals surface area contributed by atoms with Gasteiger partial charge < -0.3 is 10.2 Å². The van der Waals surface area contributed by atoms with Crippen molar-refractivity contribution in [2.45, 2.75) is 38.6 Å². The van der Waals surface area contributed by atoms with Crippen molar-refractivity contribution in [1.82, 2.24) is 10.2 Å². The SMILES string of the molecule is Cc1ccc(CCC(=O)N2CCC(NC(=O)c3cccc(Cl)c3)CC2)cc1. The standard InChI is InChI=1S/C22H25ClN2O2/c1-16-5-7-17(8-6-16)9-10-21(26)25-13-11-20(12-14-25)24-22(27)18-3-2-4-19(23)15-18/h2-8,15,20H,9-14H2,1H3,(H,24,27). The molecular weight excluding hydrogens is 360 g/mol.